The summed E-state index contributed by atoms with van der Waals surface area (Å²) in [6.45, 7) is 1.58. The molecule has 0 radical (unpaired) electrons. The molecular formula is C18H25NO5. The molecule has 0 saturated heterocycles. The lowest BCUT2D eigenvalue weighted by Gasteiger charge is -2.22. The van der Waals surface area contributed by atoms with Crippen LogP contribution in [0, 0.1) is 5.92 Å². The summed E-state index contributed by atoms with van der Waals surface area (Å²) in [5, 5.41) is 2.72. The Morgan fingerprint density at radius 3 is 2.38 bits per heavy atom. The van der Waals surface area contributed by atoms with Crippen molar-refractivity contribution in [1.82, 2.24) is 0 Å². The highest BCUT2D eigenvalue weighted by Crippen LogP contribution is 2.30. The Morgan fingerprint density at radius 1 is 1.08 bits per heavy atom. The molecule has 0 bridgehead atoms. The van der Waals surface area contributed by atoms with Crippen LogP contribution >= 0.6 is 0 Å². The molecule has 2 rings (SSSR count). The van der Waals surface area contributed by atoms with E-state index in [0.29, 0.717) is 17.2 Å². The average molecular weight is 335 g/mol. The van der Waals surface area contributed by atoms with Crippen molar-refractivity contribution in [3.63, 3.8) is 0 Å². The van der Waals surface area contributed by atoms with Gasteiger partial charge in [-0.2, -0.15) is 0 Å². The van der Waals surface area contributed by atoms with Gasteiger partial charge in [0.15, 0.2) is 17.6 Å². The van der Waals surface area contributed by atoms with Gasteiger partial charge in [-0.05, 0) is 31.9 Å². The molecule has 1 aromatic rings. The van der Waals surface area contributed by atoms with Gasteiger partial charge < -0.3 is 19.5 Å². The summed E-state index contributed by atoms with van der Waals surface area (Å²) in [7, 11) is 3.07. The van der Waals surface area contributed by atoms with E-state index in [-0.39, 0.29) is 17.8 Å². The van der Waals surface area contributed by atoms with E-state index in [1.807, 2.05) is 0 Å². The van der Waals surface area contributed by atoms with Crippen LogP contribution in [0.3, 0.4) is 0 Å². The van der Waals surface area contributed by atoms with Gasteiger partial charge in [-0.3, -0.25) is 9.59 Å². The third-order valence-electron chi connectivity index (χ3n) is 4.25. The molecule has 1 fully saturated rings. The molecule has 1 amide bonds. The van der Waals surface area contributed by atoms with Gasteiger partial charge in [0, 0.05) is 11.8 Å². The van der Waals surface area contributed by atoms with Crippen molar-refractivity contribution < 1.29 is 23.8 Å². The first-order valence-electron chi connectivity index (χ1n) is 8.28. The molecule has 1 aromatic carbocycles. The number of ether oxygens (including phenoxy) is 3. The van der Waals surface area contributed by atoms with Crippen LogP contribution in [0.15, 0.2) is 18.2 Å². The zero-order chi connectivity index (χ0) is 17.5. The Balaban J connectivity index is 1.92. The standard InChI is InChI=1S/C18H25NO5/c1-12(24-18(21)13-7-5-4-6-8-13)17(20)19-14-9-10-15(22-2)16(11-14)23-3/h9-13H,4-8H2,1-3H3,(H,19,20). The maximum atomic E-state index is 12.2. The molecule has 0 aromatic heterocycles. The molecule has 1 aliphatic carbocycles. The lowest BCUT2D eigenvalue weighted by atomic mass is 9.89. The second-order valence-electron chi connectivity index (χ2n) is 5.97. The minimum Gasteiger partial charge on any atom is -0.493 e. The van der Waals surface area contributed by atoms with E-state index in [1.165, 1.54) is 13.5 Å². The van der Waals surface area contributed by atoms with Crippen LogP contribution in [-0.2, 0) is 14.3 Å². The van der Waals surface area contributed by atoms with Crippen LogP contribution < -0.4 is 14.8 Å². The van der Waals surface area contributed by atoms with Gasteiger partial charge in [0.25, 0.3) is 5.91 Å². The number of hydrogen-bond donors (Lipinski definition) is 1. The summed E-state index contributed by atoms with van der Waals surface area (Å²) in [6.07, 6.45) is 4.12. The lowest BCUT2D eigenvalue weighted by molar-refractivity contribution is -0.158. The molecule has 1 atom stereocenters. The molecule has 1 unspecified atom stereocenters. The lowest BCUT2D eigenvalue weighted by Crippen LogP contribution is -2.32. The fourth-order valence-electron chi connectivity index (χ4n) is 2.82. The maximum absolute atomic E-state index is 12.2. The predicted octanol–water partition coefficient (Wildman–Crippen LogP) is 3.15. The SMILES string of the molecule is COc1ccc(NC(=O)C(C)OC(=O)C2CCCCC2)cc1OC. The first-order valence-corrected chi connectivity index (χ1v) is 8.28. The second-order valence-corrected chi connectivity index (χ2v) is 5.97. The van der Waals surface area contributed by atoms with Crippen LogP contribution in [0.25, 0.3) is 0 Å². The minimum atomic E-state index is -0.840. The monoisotopic (exact) mass is 335 g/mol. The Labute approximate surface area is 142 Å². The molecule has 0 aliphatic heterocycles. The maximum Gasteiger partial charge on any atom is 0.309 e. The quantitative estimate of drug-likeness (QED) is 0.808. The number of carbonyl (C=O) groups excluding carboxylic acids is 2. The van der Waals surface area contributed by atoms with Crippen LogP contribution in [0.4, 0.5) is 5.69 Å². The Morgan fingerprint density at radius 2 is 1.75 bits per heavy atom. The van der Waals surface area contributed by atoms with Gasteiger partial charge in [-0.15, -0.1) is 0 Å². The third kappa shape index (κ3) is 4.63. The normalized spacial score (nSPS) is 16.1. The van der Waals surface area contributed by atoms with Gasteiger partial charge >= 0.3 is 5.97 Å². The van der Waals surface area contributed by atoms with Crippen molar-refractivity contribution in [3.8, 4) is 11.5 Å². The van der Waals surface area contributed by atoms with Crippen LogP contribution in [-0.4, -0.2) is 32.2 Å². The van der Waals surface area contributed by atoms with Crippen molar-refractivity contribution >= 4 is 17.6 Å². The van der Waals surface area contributed by atoms with Crippen molar-refractivity contribution in [1.29, 1.82) is 0 Å². The van der Waals surface area contributed by atoms with Gasteiger partial charge in [0.2, 0.25) is 0 Å². The number of hydrogen-bond acceptors (Lipinski definition) is 5. The van der Waals surface area contributed by atoms with E-state index in [4.69, 9.17) is 14.2 Å². The summed E-state index contributed by atoms with van der Waals surface area (Å²) in [6, 6.07) is 5.06. The van der Waals surface area contributed by atoms with Crippen molar-refractivity contribution in [2.24, 2.45) is 5.92 Å². The molecule has 6 nitrogen and oxygen atoms in total. The van der Waals surface area contributed by atoms with Crippen LogP contribution in [0.1, 0.15) is 39.0 Å². The van der Waals surface area contributed by atoms with Crippen molar-refractivity contribution in [3.05, 3.63) is 18.2 Å². The van der Waals surface area contributed by atoms with Crippen molar-refractivity contribution in [2.75, 3.05) is 19.5 Å². The smallest absolute Gasteiger partial charge is 0.309 e. The second kappa shape index (κ2) is 8.57. The molecule has 1 saturated carbocycles. The summed E-state index contributed by atoms with van der Waals surface area (Å²) in [5.74, 6) is 0.376. The molecule has 24 heavy (non-hydrogen) atoms. The van der Waals surface area contributed by atoms with E-state index in [9.17, 15) is 9.59 Å². The van der Waals surface area contributed by atoms with E-state index < -0.39 is 6.10 Å². The number of rotatable bonds is 6. The number of benzene rings is 1. The zero-order valence-corrected chi connectivity index (χ0v) is 14.5. The first-order chi connectivity index (χ1) is 11.5. The van der Waals surface area contributed by atoms with Crippen LogP contribution in [0.2, 0.25) is 0 Å². The molecule has 132 valence electrons. The van der Waals surface area contributed by atoms with Crippen molar-refractivity contribution in [2.45, 2.75) is 45.1 Å². The molecule has 0 spiro atoms. The fourth-order valence-corrected chi connectivity index (χ4v) is 2.82. The Kier molecular flexibility index (Phi) is 6.46. The topological polar surface area (TPSA) is 73.9 Å². The minimum absolute atomic E-state index is 0.0740. The molecule has 0 heterocycles. The summed E-state index contributed by atoms with van der Waals surface area (Å²) in [4.78, 5) is 24.3. The van der Waals surface area contributed by atoms with E-state index in [2.05, 4.69) is 5.32 Å². The molecular weight excluding hydrogens is 310 g/mol. The number of amides is 1. The number of carbonyl (C=O) groups is 2. The zero-order valence-electron chi connectivity index (χ0n) is 14.5. The Hall–Kier alpha value is -2.24. The van der Waals surface area contributed by atoms with Crippen LogP contribution in [0.5, 0.6) is 11.5 Å². The Bertz CT molecular complexity index is 581. The molecule has 1 aliphatic rings. The van der Waals surface area contributed by atoms with E-state index in [0.717, 1.165) is 25.7 Å². The van der Waals surface area contributed by atoms with E-state index >= 15 is 0 Å². The third-order valence-corrected chi connectivity index (χ3v) is 4.25. The summed E-state index contributed by atoms with van der Waals surface area (Å²) < 4.78 is 15.7. The highest BCUT2D eigenvalue weighted by atomic mass is 16.5. The first kappa shape index (κ1) is 18.1. The highest BCUT2D eigenvalue weighted by Gasteiger charge is 2.26. The summed E-state index contributed by atoms with van der Waals surface area (Å²) >= 11 is 0. The molecule has 1 N–H and O–H groups in total. The fraction of sp³-hybridized carbons (Fsp3) is 0.556. The predicted molar refractivity (Wildman–Crippen MR) is 90.3 cm³/mol. The largest absolute Gasteiger partial charge is 0.493 e. The summed E-state index contributed by atoms with van der Waals surface area (Å²) in [5.41, 5.74) is 0.554. The number of methoxy groups -OCH3 is 2. The van der Waals surface area contributed by atoms with Gasteiger partial charge in [-0.1, -0.05) is 19.3 Å². The number of esters is 1. The average Bonchev–Trinajstić information content (AvgIpc) is 2.62. The van der Waals surface area contributed by atoms with Gasteiger partial charge in [-0.25, -0.2) is 0 Å². The molecule has 6 heteroatoms. The number of anilines is 1. The van der Waals surface area contributed by atoms with Gasteiger partial charge in [0.1, 0.15) is 0 Å². The van der Waals surface area contributed by atoms with Gasteiger partial charge in [0.05, 0.1) is 20.1 Å². The number of nitrogens with one attached hydrogen (secondary N) is 1. The van der Waals surface area contributed by atoms with E-state index in [1.54, 1.807) is 32.2 Å². The highest BCUT2D eigenvalue weighted by molar-refractivity contribution is 5.95.